The monoisotopic (exact) mass is 423 g/mol. The summed E-state index contributed by atoms with van der Waals surface area (Å²) in [5, 5.41) is 2.76. The second kappa shape index (κ2) is 11.6. The lowest BCUT2D eigenvalue weighted by Crippen LogP contribution is -2.49. The van der Waals surface area contributed by atoms with E-state index in [0.29, 0.717) is 12.2 Å². The van der Waals surface area contributed by atoms with Crippen LogP contribution in [0.4, 0.5) is 4.39 Å². The summed E-state index contributed by atoms with van der Waals surface area (Å²) in [5.74, 6) is -0.0147. The van der Waals surface area contributed by atoms with E-state index in [9.17, 15) is 14.0 Å². The van der Waals surface area contributed by atoms with Gasteiger partial charge in [-0.2, -0.15) is 0 Å². The Morgan fingerprint density at radius 1 is 1.31 bits per heavy atom. The molecule has 0 unspecified atom stereocenters. The van der Waals surface area contributed by atoms with Crippen LogP contribution in [-0.2, 0) is 9.59 Å². The van der Waals surface area contributed by atoms with Gasteiger partial charge >= 0.3 is 0 Å². The third-order valence-electron chi connectivity index (χ3n) is 5.42. The summed E-state index contributed by atoms with van der Waals surface area (Å²) >= 11 is 1.52. The first-order chi connectivity index (χ1) is 13.9. The lowest BCUT2D eigenvalue weighted by atomic mass is 10.1. The standard InChI is InChI=1S/C22H34FN3O2S/c1-5-20(27)26-19(15-29-22(26)17-11-8-12-18(23)14-17)21(28)24-16(4)10-9-13-25(6-2)7-3/h8,11-12,14,16,19,22H,5-7,9-10,13,15H2,1-4H3,(H,24,28)/t16-,19-,22-/m0/s1. The molecule has 1 N–H and O–H groups in total. The van der Waals surface area contributed by atoms with E-state index in [1.54, 1.807) is 17.9 Å². The maximum Gasteiger partial charge on any atom is 0.243 e. The van der Waals surface area contributed by atoms with Gasteiger partial charge in [0, 0.05) is 18.2 Å². The van der Waals surface area contributed by atoms with E-state index in [1.165, 1.54) is 23.9 Å². The fourth-order valence-corrected chi connectivity index (χ4v) is 5.13. The van der Waals surface area contributed by atoms with Crippen molar-refractivity contribution in [3.05, 3.63) is 35.6 Å². The van der Waals surface area contributed by atoms with Gasteiger partial charge in [0.2, 0.25) is 11.8 Å². The second-order valence-corrected chi connectivity index (χ2v) is 8.60. The van der Waals surface area contributed by atoms with Crippen molar-refractivity contribution >= 4 is 23.6 Å². The molecule has 1 fully saturated rings. The Morgan fingerprint density at radius 3 is 2.66 bits per heavy atom. The third kappa shape index (κ3) is 6.44. The number of nitrogens with one attached hydrogen (secondary N) is 1. The van der Waals surface area contributed by atoms with Gasteiger partial charge < -0.3 is 15.1 Å². The highest BCUT2D eigenvalue weighted by Gasteiger charge is 2.41. The lowest BCUT2D eigenvalue weighted by molar-refractivity contribution is -0.139. The molecule has 0 bridgehead atoms. The highest BCUT2D eigenvalue weighted by atomic mass is 32.2. The molecule has 1 aromatic rings. The van der Waals surface area contributed by atoms with Crippen molar-refractivity contribution in [3.63, 3.8) is 0 Å². The predicted molar refractivity (Wildman–Crippen MR) is 117 cm³/mol. The summed E-state index contributed by atoms with van der Waals surface area (Å²) in [5.41, 5.74) is 0.722. The molecule has 1 saturated heterocycles. The number of benzene rings is 1. The molecule has 5 nitrogen and oxygen atoms in total. The molecule has 0 spiro atoms. The Bertz CT molecular complexity index is 684. The van der Waals surface area contributed by atoms with Crippen molar-refractivity contribution in [2.45, 2.75) is 64.4 Å². The number of thioether (sulfide) groups is 1. The maximum absolute atomic E-state index is 13.7. The van der Waals surface area contributed by atoms with E-state index in [-0.39, 0.29) is 29.0 Å². The smallest absolute Gasteiger partial charge is 0.243 e. The molecule has 0 aliphatic carbocycles. The molecule has 1 aromatic carbocycles. The van der Waals surface area contributed by atoms with Crippen LogP contribution in [0.25, 0.3) is 0 Å². The molecule has 1 aliphatic rings. The average molecular weight is 424 g/mol. The van der Waals surface area contributed by atoms with Crippen LogP contribution in [0.15, 0.2) is 24.3 Å². The highest BCUT2D eigenvalue weighted by molar-refractivity contribution is 7.99. The highest BCUT2D eigenvalue weighted by Crippen LogP contribution is 2.42. The van der Waals surface area contributed by atoms with E-state index in [1.807, 2.05) is 13.0 Å². The summed E-state index contributed by atoms with van der Waals surface area (Å²) in [4.78, 5) is 29.6. The van der Waals surface area contributed by atoms with Crippen molar-refractivity contribution in [2.24, 2.45) is 0 Å². The van der Waals surface area contributed by atoms with Gasteiger partial charge in [0.25, 0.3) is 0 Å². The van der Waals surface area contributed by atoms with Gasteiger partial charge in [-0.3, -0.25) is 9.59 Å². The first-order valence-electron chi connectivity index (χ1n) is 10.6. The van der Waals surface area contributed by atoms with Crippen molar-refractivity contribution in [3.8, 4) is 0 Å². The number of amides is 2. The Balaban J connectivity index is 2.00. The minimum Gasteiger partial charge on any atom is -0.352 e. The van der Waals surface area contributed by atoms with E-state index in [2.05, 4.69) is 24.1 Å². The SMILES string of the molecule is CCC(=O)N1[C@H](C(=O)N[C@@H](C)CCCN(CC)CC)CS[C@H]1c1cccc(F)c1. The third-order valence-corrected chi connectivity index (χ3v) is 6.75. The zero-order valence-corrected chi connectivity index (χ0v) is 18.8. The van der Waals surface area contributed by atoms with Gasteiger partial charge in [-0.15, -0.1) is 11.8 Å². The normalized spacial score (nSPS) is 20.1. The van der Waals surface area contributed by atoms with Gasteiger partial charge in [0.1, 0.15) is 17.2 Å². The van der Waals surface area contributed by atoms with Crippen molar-refractivity contribution in [1.29, 1.82) is 0 Å². The molecule has 2 amide bonds. The molecule has 29 heavy (non-hydrogen) atoms. The Hall–Kier alpha value is -1.60. The van der Waals surface area contributed by atoms with E-state index in [4.69, 9.17) is 0 Å². The molecule has 1 aliphatic heterocycles. The summed E-state index contributed by atoms with van der Waals surface area (Å²) in [7, 11) is 0. The lowest BCUT2D eigenvalue weighted by Gasteiger charge is -2.29. The van der Waals surface area contributed by atoms with Gasteiger partial charge in [-0.25, -0.2) is 4.39 Å². The van der Waals surface area contributed by atoms with Crippen LogP contribution in [-0.4, -0.2) is 59.1 Å². The van der Waals surface area contributed by atoms with Crippen LogP contribution in [0, 0.1) is 5.82 Å². The van der Waals surface area contributed by atoms with Crippen molar-refractivity contribution in [1.82, 2.24) is 15.1 Å². The molecule has 3 atom stereocenters. The Morgan fingerprint density at radius 2 is 2.03 bits per heavy atom. The molecular formula is C22H34FN3O2S. The fourth-order valence-electron chi connectivity index (χ4n) is 3.68. The Labute approximate surface area is 178 Å². The van der Waals surface area contributed by atoms with E-state index < -0.39 is 6.04 Å². The van der Waals surface area contributed by atoms with Crippen LogP contribution < -0.4 is 5.32 Å². The van der Waals surface area contributed by atoms with Gasteiger partial charge in [0.05, 0.1) is 0 Å². The summed E-state index contributed by atoms with van der Waals surface area (Å²) in [6.45, 7) is 11.2. The molecule has 0 saturated carbocycles. The van der Waals surface area contributed by atoms with Crippen molar-refractivity contribution < 1.29 is 14.0 Å². The van der Waals surface area contributed by atoms with Crippen molar-refractivity contribution in [2.75, 3.05) is 25.4 Å². The quantitative estimate of drug-likeness (QED) is 0.622. The number of carbonyl (C=O) groups is 2. The molecule has 7 heteroatoms. The molecule has 0 aromatic heterocycles. The van der Waals surface area contributed by atoms with Crippen LogP contribution in [0.5, 0.6) is 0 Å². The fraction of sp³-hybridized carbons (Fsp3) is 0.636. The largest absolute Gasteiger partial charge is 0.352 e. The molecule has 162 valence electrons. The van der Waals surface area contributed by atoms with Gasteiger partial charge in [-0.05, 0) is 57.1 Å². The molecular weight excluding hydrogens is 389 g/mol. The maximum atomic E-state index is 13.7. The summed E-state index contributed by atoms with van der Waals surface area (Å²) in [6.07, 6.45) is 2.23. The number of hydrogen-bond donors (Lipinski definition) is 1. The van der Waals surface area contributed by atoms with Crippen LogP contribution in [0.2, 0.25) is 0 Å². The van der Waals surface area contributed by atoms with E-state index >= 15 is 0 Å². The number of rotatable bonds is 10. The topological polar surface area (TPSA) is 52.7 Å². The van der Waals surface area contributed by atoms with Crippen LogP contribution in [0.3, 0.4) is 0 Å². The average Bonchev–Trinajstić information content (AvgIpc) is 3.16. The zero-order chi connectivity index (χ0) is 21.4. The Kier molecular flexibility index (Phi) is 9.43. The number of nitrogens with zero attached hydrogens (tertiary/aromatic N) is 2. The summed E-state index contributed by atoms with van der Waals surface area (Å²) < 4.78 is 13.7. The number of halogens is 1. The van der Waals surface area contributed by atoms with Crippen LogP contribution in [0.1, 0.15) is 57.9 Å². The zero-order valence-electron chi connectivity index (χ0n) is 18.0. The first kappa shape index (κ1) is 23.7. The minimum absolute atomic E-state index is 0.0508. The minimum atomic E-state index is -0.522. The number of hydrogen-bond acceptors (Lipinski definition) is 4. The molecule has 0 radical (unpaired) electrons. The molecule has 1 heterocycles. The predicted octanol–water partition coefficient (Wildman–Crippen LogP) is 3.81. The van der Waals surface area contributed by atoms with E-state index in [0.717, 1.165) is 38.0 Å². The van der Waals surface area contributed by atoms with Gasteiger partial charge in [-0.1, -0.05) is 32.9 Å². The molecule has 2 rings (SSSR count). The van der Waals surface area contributed by atoms with Crippen LogP contribution >= 0.6 is 11.8 Å². The second-order valence-electron chi connectivity index (χ2n) is 7.49. The first-order valence-corrected chi connectivity index (χ1v) is 11.7. The summed E-state index contributed by atoms with van der Waals surface area (Å²) in [6, 6.07) is 5.82. The van der Waals surface area contributed by atoms with Gasteiger partial charge in [0.15, 0.2) is 0 Å². The number of carbonyl (C=O) groups excluding carboxylic acids is 2.